The van der Waals surface area contributed by atoms with Crippen molar-refractivity contribution in [3.8, 4) is 28.4 Å². The lowest BCUT2D eigenvalue weighted by Crippen LogP contribution is -2.38. The van der Waals surface area contributed by atoms with E-state index in [1.807, 2.05) is 73.1 Å². The summed E-state index contributed by atoms with van der Waals surface area (Å²) in [5.74, 6) is 1.09. The average molecular weight is 499 g/mol. The number of ether oxygens (including phenoxy) is 2. The van der Waals surface area contributed by atoms with Crippen LogP contribution in [0.15, 0.2) is 79.0 Å². The SMILES string of the molecule is CCN(CC(=O)Nc1nc(-c2ccc(OC)cc2)cn1-c1ccc(C)cc1)C(=O)c1cccc(OC)c1. The van der Waals surface area contributed by atoms with Crippen molar-refractivity contribution < 1.29 is 19.1 Å². The van der Waals surface area contributed by atoms with E-state index in [-0.39, 0.29) is 18.4 Å². The van der Waals surface area contributed by atoms with Gasteiger partial charge in [-0.05, 0) is 68.4 Å². The number of aryl methyl sites for hydroxylation is 1. The number of aromatic nitrogens is 2. The van der Waals surface area contributed by atoms with Crippen molar-refractivity contribution >= 4 is 17.8 Å². The Kier molecular flexibility index (Phi) is 7.88. The number of benzene rings is 3. The van der Waals surface area contributed by atoms with Gasteiger partial charge in [-0.2, -0.15) is 0 Å². The molecule has 8 nitrogen and oxygen atoms in total. The van der Waals surface area contributed by atoms with E-state index in [4.69, 9.17) is 14.5 Å². The summed E-state index contributed by atoms with van der Waals surface area (Å²) in [5.41, 5.74) is 4.01. The zero-order chi connectivity index (χ0) is 26.4. The van der Waals surface area contributed by atoms with E-state index in [0.717, 1.165) is 22.6 Å². The maximum Gasteiger partial charge on any atom is 0.254 e. The van der Waals surface area contributed by atoms with Gasteiger partial charge < -0.3 is 14.4 Å². The van der Waals surface area contributed by atoms with Crippen LogP contribution in [-0.2, 0) is 4.79 Å². The summed E-state index contributed by atoms with van der Waals surface area (Å²) < 4.78 is 12.3. The lowest BCUT2D eigenvalue weighted by Gasteiger charge is -2.20. The number of methoxy groups -OCH3 is 2. The smallest absolute Gasteiger partial charge is 0.254 e. The second kappa shape index (κ2) is 11.4. The van der Waals surface area contributed by atoms with Gasteiger partial charge in [0, 0.05) is 29.6 Å². The fourth-order valence-electron chi connectivity index (χ4n) is 3.87. The zero-order valence-electron chi connectivity index (χ0n) is 21.4. The first-order chi connectivity index (χ1) is 17.9. The molecule has 0 atom stereocenters. The number of nitrogens with zero attached hydrogens (tertiary/aromatic N) is 3. The van der Waals surface area contributed by atoms with Crippen LogP contribution in [0, 0.1) is 6.92 Å². The number of amides is 2. The molecule has 4 aromatic rings. The van der Waals surface area contributed by atoms with E-state index < -0.39 is 0 Å². The van der Waals surface area contributed by atoms with Crippen LogP contribution in [0.5, 0.6) is 11.5 Å². The number of hydrogen-bond acceptors (Lipinski definition) is 5. The van der Waals surface area contributed by atoms with E-state index in [1.165, 1.54) is 4.90 Å². The van der Waals surface area contributed by atoms with Crippen molar-refractivity contribution in [2.24, 2.45) is 0 Å². The summed E-state index contributed by atoms with van der Waals surface area (Å²) in [6, 6.07) is 22.4. The Morgan fingerprint density at radius 3 is 2.30 bits per heavy atom. The van der Waals surface area contributed by atoms with Crippen LogP contribution in [-0.4, -0.2) is 53.6 Å². The minimum atomic E-state index is -0.349. The standard InChI is InChI=1S/C29H30N4O4/c1-5-32(28(35)22-7-6-8-25(17-22)37-4)19-27(34)31-29-30-26(21-11-15-24(36-3)16-12-21)18-33(29)23-13-9-20(2)10-14-23/h6-18H,5,19H2,1-4H3,(H,30,31,34). The van der Waals surface area contributed by atoms with Crippen molar-refractivity contribution in [2.75, 3.05) is 32.6 Å². The molecule has 0 fully saturated rings. The van der Waals surface area contributed by atoms with E-state index in [9.17, 15) is 9.59 Å². The van der Waals surface area contributed by atoms with Crippen molar-refractivity contribution in [3.63, 3.8) is 0 Å². The first-order valence-corrected chi connectivity index (χ1v) is 12.0. The molecule has 0 spiro atoms. The minimum Gasteiger partial charge on any atom is -0.497 e. The first-order valence-electron chi connectivity index (χ1n) is 12.0. The molecule has 37 heavy (non-hydrogen) atoms. The fourth-order valence-corrected chi connectivity index (χ4v) is 3.87. The maximum absolute atomic E-state index is 13.1. The van der Waals surface area contributed by atoms with E-state index in [1.54, 1.807) is 38.5 Å². The number of carbonyl (C=O) groups excluding carboxylic acids is 2. The molecule has 4 rings (SSSR count). The van der Waals surface area contributed by atoms with Gasteiger partial charge in [0.15, 0.2) is 0 Å². The molecule has 0 saturated heterocycles. The normalized spacial score (nSPS) is 10.6. The van der Waals surface area contributed by atoms with Gasteiger partial charge in [0.2, 0.25) is 11.9 Å². The summed E-state index contributed by atoms with van der Waals surface area (Å²) in [5, 5.41) is 2.90. The summed E-state index contributed by atoms with van der Waals surface area (Å²) in [6.45, 7) is 4.10. The molecule has 0 saturated carbocycles. The number of hydrogen-bond donors (Lipinski definition) is 1. The molecule has 1 aromatic heterocycles. The van der Waals surface area contributed by atoms with Gasteiger partial charge in [-0.1, -0.05) is 23.8 Å². The fraction of sp³-hybridized carbons (Fsp3) is 0.207. The largest absolute Gasteiger partial charge is 0.497 e. The highest BCUT2D eigenvalue weighted by molar-refractivity contribution is 5.99. The number of nitrogens with one attached hydrogen (secondary N) is 1. The molecule has 0 bridgehead atoms. The summed E-state index contributed by atoms with van der Waals surface area (Å²) in [4.78, 5) is 32.3. The van der Waals surface area contributed by atoms with Crippen LogP contribution in [0.25, 0.3) is 16.9 Å². The lowest BCUT2D eigenvalue weighted by molar-refractivity contribution is -0.116. The molecule has 0 unspecified atom stereocenters. The first kappa shape index (κ1) is 25.5. The lowest BCUT2D eigenvalue weighted by atomic mass is 10.1. The van der Waals surface area contributed by atoms with Gasteiger partial charge in [-0.3, -0.25) is 19.5 Å². The van der Waals surface area contributed by atoms with E-state index in [2.05, 4.69) is 5.32 Å². The summed E-state index contributed by atoms with van der Waals surface area (Å²) in [7, 11) is 3.17. The molecule has 0 aliphatic carbocycles. The third-order valence-electron chi connectivity index (χ3n) is 5.98. The van der Waals surface area contributed by atoms with Crippen molar-refractivity contribution in [3.05, 3.63) is 90.1 Å². The number of carbonyl (C=O) groups is 2. The molecule has 0 aliphatic heterocycles. The molecular formula is C29H30N4O4. The number of rotatable bonds is 9. The van der Waals surface area contributed by atoms with Gasteiger partial charge in [0.1, 0.15) is 18.0 Å². The van der Waals surface area contributed by atoms with Gasteiger partial charge in [-0.25, -0.2) is 4.98 Å². The monoisotopic (exact) mass is 498 g/mol. The van der Waals surface area contributed by atoms with Gasteiger partial charge >= 0.3 is 0 Å². The Balaban J connectivity index is 1.59. The van der Waals surface area contributed by atoms with Crippen molar-refractivity contribution in [1.29, 1.82) is 0 Å². The van der Waals surface area contributed by atoms with Crippen LogP contribution >= 0.6 is 0 Å². The average Bonchev–Trinajstić information content (AvgIpc) is 3.35. The van der Waals surface area contributed by atoms with Crippen LogP contribution < -0.4 is 14.8 Å². The highest BCUT2D eigenvalue weighted by atomic mass is 16.5. The second-order valence-corrected chi connectivity index (χ2v) is 8.48. The number of imidazole rings is 1. The highest BCUT2D eigenvalue weighted by Gasteiger charge is 2.20. The van der Waals surface area contributed by atoms with Crippen LogP contribution in [0.2, 0.25) is 0 Å². The van der Waals surface area contributed by atoms with Gasteiger partial charge in [0.05, 0.1) is 19.9 Å². The Labute approximate surface area is 216 Å². The molecular weight excluding hydrogens is 468 g/mol. The minimum absolute atomic E-state index is 0.120. The quantitative estimate of drug-likeness (QED) is 0.352. The molecule has 1 heterocycles. The molecule has 0 radical (unpaired) electrons. The van der Waals surface area contributed by atoms with Crippen LogP contribution in [0.3, 0.4) is 0 Å². The van der Waals surface area contributed by atoms with Crippen molar-refractivity contribution in [1.82, 2.24) is 14.5 Å². The topological polar surface area (TPSA) is 85.7 Å². The van der Waals surface area contributed by atoms with Gasteiger partial charge in [0.25, 0.3) is 5.91 Å². The number of anilines is 1. The number of likely N-dealkylation sites (N-methyl/N-ethyl adjacent to an activating group) is 1. The maximum atomic E-state index is 13.1. The second-order valence-electron chi connectivity index (χ2n) is 8.48. The zero-order valence-corrected chi connectivity index (χ0v) is 21.4. The Hall–Kier alpha value is -4.59. The molecule has 190 valence electrons. The van der Waals surface area contributed by atoms with E-state index >= 15 is 0 Å². The molecule has 3 aromatic carbocycles. The molecule has 0 aliphatic rings. The molecule has 2 amide bonds. The Bertz CT molecular complexity index is 1380. The van der Waals surface area contributed by atoms with Crippen LogP contribution in [0.1, 0.15) is 22.8 Å². The van der Waals surface area contributed by atoms with Gasteiger partial charge in [-0.15, -0.1) is 0 Å². The Morgan fingerprint density at radius 2 is 1.65 bits per heavy atom. The Morgan fingerprint density at radius 1 is 0.946 bits per heavy atom. The summed E-state index contributed by atoms with van der Waals surface area (Å²) in [6.07, 6.45) is 1.88. The van der Waals surface area contributed by atoms with E-state index in [0.29, 0.717) is 29.5 Å². The third-order valence-corrected chi connectivity index (χ3v) is 5.98. The summed E-state index contributed by atoms with van der Waals surface area (Å²) >= 11 is 0. The van der Waals surface area contributed by atoms with Crippen LogP contribution in [0.4, 0.5) is 5.95 Å². The third kappa shape index (κ3) is 5.98. The molecule has 8 heteroatoms. The predicted octanol–water partition coefficient (Wildman–Crippen LogP) is 4.97. The highest BCUT2D eigenvalue weighted by Crippen LogP contribution is 2.26. The molecule has 1 N–H and O–H groups in total. The predicted molar refractivity (Wildman–Crippen MR) is 143 cm³/mol. The van der Waals surface area contributed by atoms with Crippen molar-refractivity contribution in [2.45, 2.75) is 13.8 Å².